The van der Waals surface area contributed by atoms with Gasteiger partial charge in [0, 0.05) is 12.0 Å². The van der Waals surface area contributed by atoms with E-state index in [9.17, 15) is 9.59 Å². The van der Waals surface area contributed by atoms with E-state index in [4.69, 9.17) is 4.74 Å². The number of hydrogen-bond donors (Lipinski definition) is 0. The van der Waals surface area contributed by atoms with Crippen molar-refractivity contribution in [3.8, 4) is 5.75 Å². The van der Waals surface area contributed by atoms with Gasteiger partial charge >= 0.3 is 0 Å². The molecule has 0 N–H and O–H groups in total. The smallest absolute Gasteiger partial charge is 0.170 e. The predicted octanol–water partition coefficient (Wildman–Crippen LogP) is 3.27. The standard InChI is InChI=1S/C15H20O3/c1-4-18-14-7-5-6-12(9-14)15(17)10-13(16)8-11(2)3/h5-7,9,11H,4,8,10H2,1-3H3. The van der Waals surface area contributed by atoms with Gasteiger partial charge in [-0.25, -0.2) is 0 Å². The Morgan fingerprint density at radius 1 is 1.28 bits per heavy atom. The van der Waals surface area contributed by atoms with Crippen molar-refractivity contribution in [2.45, 2.75) is 33.6 Å². The van der Waals surface area contributed by atoms with Crippen molar-refractivity contribution in [2.24, 2.45) is 5.92 Å². The van der Waals surface area contributed by atoms with E-state index in [2.05, 4.69) is 0 Å². The van der Waals surface area contributed by atoms with Crippen LogP contribution >= 0.6 is 0 Å². The van der Waals surface area contributed by atoms with Crippen molar-refractivity contribution < 1.29 is 14.3 Å². The highest BCUT2D eigenvalue weighted by atomic mass is 16.5. The van der Waals surface area contributed by atoms with Gasteiger partial charge in [0.1, 0.15) is 11.5 Å². The van der Waals surface area contributed by atoms with Crippen molar-refractivity contribution in [3.05, 3.63) is 29.8 Å². The summed E-state index contributed by atoms with van der Waals surface area (Å²) in [4.78, 5) is 23.5. The maximum absolute atomic E-state index is 11.9. The molecule has 0 unspecified atom stereocenters. The summed E-state index contributed by atoms with van der Waals surface area (Å²) in [5.74, 6) is 0.818. The van der Waals surface area contributed by atoms with Gasteiger partial charge in [0.25, 0.3) is 0 Å². The Kier molecular flexibility index (Phi) is 5.56. The minimum atomic E-state index is -0.137. The number of ether oxygens (including phenoxy) is 1. The van der Waals surface area contributed by atoms with E-state index in [0.29, 0.717) is 30.3 Å². The summed E-state index contributed by atoms with van der Waals surface area (Å²) in [6.45, 7) is 6.39. The van der Waals surface area contributed by atoms with Gasteiger partial charge in [0.2, 0.25) is 0 Å². The lowest BCUT2D eigenvalue weighted by Crippen LogP contribution is -2.10. The van der Waals surface area contributed by atoms with Crippen LogP contribution in [-0.4, -0.2) is 18.2 Å². The first-order chi connectivity index (χ1) is 8.52. The third-order valence-electron chi connectivity index (χ3n) is 2.46. The van der Waals surface area contributed by atoms with Gasteiger partial charge in [-0.3, -0.25) is 9.59 Å². The van der Waals surface area contributed by atoms with E-state index in [-0.39, 0.29) is 18.0 Å². The second kappa shape index (κ2) is 6.94. The molecule has 0 amide bonds. The fourth-order valence-electron chi connectivity index (χ4n) is 1.73. The largest absolute Gasteiger partial charge is 0.494 e. The highest BCUT2D eigenvalue weighted by Gasteiger charge is 2.13. The van der Waals surface area contributed by atoms with E-state index in [1.54, 1.807) is 24.3 Å². The van der Waals surface area contributed by atoms with Crippen molar-refractivity contribution in [1.82, 2.24) is 0 Å². The van der Waals surface area contributed by atoms with E-state index in [0.717, 1.165) is 0 Å². The molecule has 0 heterocycles. The van der Waals surface area contributed by atoms with Gasteiger partial charge < -0.3 is 4.74 Å². The number of benzene rings is 1. The highest BCUT2D eigenvalue weighted by Crippen LogP contribution is 2.15. The normalized spacial score (nSPS) is 10.4. The molecule has 0 atom stereocenters. The zero-order valence-electron chi connectivity index (χ0n) is 11.2. The molecule has 0 spiro atoms. The molecule has 3 nitrogen and oxygen atoms in total. The molecular formula is C15H20O3. The molecule has 1 aromatic rings. The molecule has 0 radical (unpaired) electrons. The number of carbonyl (C=O) groups excluding carboxylic acids is 2. The van der Waals surface area contributed by atoms with Crippen LogP contribution in [0.4, 0.5) is 0 Å². The van der Waals surface area contributed by atoms with E-state index in [1.807, 2.05) is 20.8 Å². The monoisotopic (exact) mass is 248 g/mol. The first-order valence-electron chi connectivity index (χ1n) is 6.30. The molecule has 98 valence electrons. The Balaban J connectivity index is 2.66. The molecule has 18 heavy (non-hydrogen) atoms. The Labute approximate surface area is 108 Å². The van der Waals surface area contributed by atoms with Crippen molar-refractivity contribution in [1.29, 1.82) is 0 Å². The van der Waals surface area contributed by atoms with Gasteiger partial charge in [0.15, 0.2) is 5.78 Å². The Hall–Kier alpha value is -1.64. The first-order valence-corrected chi connectivity index (χ1v) is 6.30. The lowest BCUT2D eigenvalue weighted by atomic mass is 10.00. The molecule has 0 saturated carbocycles. The van der Waals surface area contributed by atoms with E-state index in [1.165, 1.54) is 0 Å². The highest BCUT2D eigenvalue weighted by molar-refractivity contribution is 6.08. The number of rotatable bonds is 7. The van der Waals surface area contributed by atoms with Gasteiger partial charge in [-0.2, -0.15) is 0 Å². The van der Waals surface area contributed by atoms with Crippen molar-refractivity contribution in [3.63, 3.8) is 0 Å². The summed E-state index contributed by atoms with van der Waals surface area (Å²) in [6.07, 6.45) is 0.435. The summed E-state index contributed by atoms with van der Waals surface area (Å²) in [5.41, 5.74) is 0.540. The Bertz CT molecular complexity index is 422. The fourth-order valence-corrected chi connectivity index (χ4v) is 1.73. The average molecular weight is 248 g/mol. The molecule has 0 bridgehead atoms. The maximum Gasteiger partial charge on any atom is 0.170 e. The summed E-state index contributed by atoms with van der Waals surface area (Å²) in [5, 5.41) is 0. The number of carbonyl (C=O) groups is 2. The number of ketones is 2. The Morgan fingerprint density at radius 2 is 2.00 bits per heavy atom. The van der Waals surface area contributed by atoms with E-state index < -0.39 is 0 Å². The lowest BCUT2D eigenvalue weighted by Gasteiger charge is -2.06. The SMILES string of the molecule is CCOc1cccc(C(=O)CC(=O)CC(C)C)c1. The van der Waals surface area contributed by atoms with Crippen LogP contribution in [0.3, 0.4) is 0 Å². The van der Waals surface area contributed by atoms with Crippen LogP contribution in [0.25, 0.3) is 0 Å². The summed E-state index contributed by atoms with van der Waals surface area (Å²) >= 11 is 0. The van der Waals surface area contributed by atoms with Crippen LogP contribution in [0.2, 0.25) is 0 Å². The fraction of sp³-hybridized carbons (Fsp3) is 0.467. The second-order valence-electron chi connectivity index (χ2n) is 4.70. The van der Waals surface area contributed by atoms with Gasteiger partial charge in [-0.15, -0.1) is 0 Å². The van der Waals surface area contributed by atoms with Gasteiger partial charge in [-0.1, -0.05) is 26.0 Å². The zero-order chi connectivity index (χ0) is 13.5. The minimum Gasteiger partial charge on any atom is -0.494 e. The Morgan fingerprint density at radius 3 is 2.61 bits per heavy atom. The molecule has 1 aromatic carbocycles. The topological polar surface area (TPSA) is 43.4 Å². The summed E-state index contributed by atoms with van der Waals surface area (Å²) in [7, 11) is 0. The third-order valence-corrected chi connectivity index (χ3v) is 2.46. The molecule has 0 aliphatic rings. The first kappa shape index (κ1) is 14.4. The molecule has 0 fully saturated rings. The second-order valence-corrected chi connectivity index (χ2v) is 4.70. The molecule has 0 aliphatic heterocycles. The quantitative estimate of drug-likeness (QED) is 0.549. The van der Waals surface area contributed by atoms with Crippen LogP contribution in [-0.2, 0) is 4.79 Å². The lowest BCUT2D eigenvalue weighted by molar-refractivity contribution is -0.118. The van der Waals surface area contributed by atoms with Crippen molar-refractivity contribution in [2.75, 3.05) is 6.61 Å². The average Bonchev–Trinajstić information content (AvgIpc) is 2.28. The zero-order valence-corrected chi connectivity index (χ0v) is 11.2. The number of hydrogen-bond acceptors (Lipinski definition) is 3. The molecule has 0 aromatic heterocycles. The van der Waals surface area contributed by atoms with Crippen LogP contribution in [0.15, 0.2) is 24.3 Å². The van der Waals surface area contributed by atoms with Crippen molar-refractivity contribution >= 4 is 11.6 Å². The van der Waals surface area contributed by atoms with Crippen LogP contribution in [0, 0.1) is 5.92 Å². The van der Waals surface area contributed by atoms with Crippen LogP contribution in [0.5, 0.6) is 5.75 Å². The van der Waals surface area contributed by atoms with Crippen LogP contribution in [0.1, 0.15) is 44.0 Å². The molecule has 1 rings (SSSR count). The molecule has 0 aliphatic carbocycles. The molecule has 3 heteroatoms. The predicted molar refractivity (Wildman–Crippen MR) is 71.0 cm³/mol. The molecule has 0 saturated heterocycles. The van der Waals surface area contributed by atoms with Gasteiger partial charge in [-0.05, 0) is 25.0 Å². The number of Topliss-reactive ketones (excluding diaryl/α,β-unsaturated/α-hetero) is 2. The summed E-state index contributed by atoms with van der Waals surface area (Å²) in [6, 6.07) is 6.98. The summed E-state index contributed by atoms with van der Waals surface area (Å²) < 4.78 is 5.33. The van der Waals surface area contributed by atoms with Crippen LogP contribution < -0.4 is 4.74 Å². The van der Waals surface area contributed by atoms with E-state index >= 15 is 0 Å². The third kappa shape index (κ3) is 4.70. The minimum absolute atomic E-state index is 0.00295. The maximum atomic E-state index is 11.9. The molecular weight excluding hydrogens is 228 g/mol. The van der Waals surface area contributed by atoms with Gasteiger partial charge in [0.05, 0.1) is 13.0 Å².